The Morgan fingerprint density at radius 1 is 1.00 bits per heavy atom. The maximum Gasteiger partial charge on any atom is 0.228 e. The smallest absolute Gasteiger partial charge is 0.228 e. The third-order valence-electron chi connectivity index (χ3n) is 3.52. The van der Waals surface area contributed by atoms with Crippen molar-refractivity contribution in [3.8, 4) is 0 Å². The second-order valence-electron chi connectivity index (χ2n) is 4.77. The molecule has 0 bridgehead atoms. The summed E-state index contributed by atoms with van der Waals surface area (Å²) in [5, 5.41) is 0. The molecule has 3 nitrogen and oxygen atoms in total. The van der Waals surface area contributed by atoms with Gasteiger partial charge >= 0.3 is 0 Å². The Kier molecular flexibility index (Phi) is 2.74. The molecule has 1 fully saturated rings. The Morgan fingerprint density at radius 3 is 2.39 bits per heavy atom. The van der Waals surface area contributed by atoms with Crippen LogP contribution in [0.25, 0.3) is 0 Å². The minimum Gasteiger partial charge on any atom is -0.486 e. The molecular formula is C15H14O3. The summed E-state index contributed by atoms with van der Waals surface area (Å²) in [7, 11) is 0. The molecule has 3 heteroatoms. The van der Waals surface area contributed by atoms with Crippen molar-refractivity contribution in [3.05, 3.63) is 47.2 Å². The van der Waals surface area contributed by atoms with E-state index >= 15 is 0 Å². The fourth-order valence-corrected chi connectivity index (χ4v) is 2.56. The van der Waals surface area contributed by atoms with E-state index in [1.807, 2.05) is 0 Å². The molecule has 2 aliphatic rings. The van der Waals surface area contributed by atoms with Crippen molar-refractivity contribution in [1.29, 1.82) is 0 Å². The van der Waals surface area contributed by atoms with Crippen LogP contribution in [-0.4, -0.2) is 17.7 Å². The minimum atomic E-state index is -0.169. The van der Waals surface area contributed by atoms with E-state index in [0.717, 1.165) is 25.7 Å². The number of carbonyl (C=O) groups excluding carboxylic acids is 2. The van der Waals surface area contributed by atoms with E-state index in [1.165, 1.54) is 6.08 Å². The molecule has 3 rings (SSSR count). The van der Waals surface area contributed by atoms with Crippen LogP contribution in [0.4, 0.5) is 0 Å². The Balaban J connectivity index is 1.89. The lowest BCUT2D eigenvalue weighted by atomic mass is 9.94. The predicted octanol–water partition coefficient (Wildman–Crippen LogP) is 2.91. The molecule has 0 aliphatic heterocycles. The molecule has 0 radical (unpaired) electrons. The van der Waals surface area contributed by atoms with Crippen molar-refractivity contribution in [2.75, 3.05) is 0 Å². The van der Waals surface area contributed by atoms with E-state index in [9.17, 15) is 9.59 Å². The molecule has 0 atom stereocenters. The van der Waals surface area contributed by atoms with Crippen LogP contribution >= 0.6 is 0 Å². The Hall–Kier alpha value is -1.90. The van der Waals surface area contributed by atoms with Crippen molar-refractivity contribution < 1.29 is 14.3 Å². The van der Waals surface area contributed by atoms with Crippen molar-refractivity contribution in [1.82, 2.24) is 0 Å². The van der Waals surface area contributed by atoms with Crippen molar-refractivity contribution in [2.45, 2.75) is 31.8 Å². The zero-order valence-electron chi connectivity index (χ0n) is 10.0. The first kappa shape index (κ1) is 11.2. The van der Waals surface area contributed by atoms with Gasteiger partial charge in [0.1, 0.15) is 0 Å². The molecule has 2 aliphatic carbocycles. The van der Waals surface area contributed by atoms with E-state index in [4.69, 9.17) is 4.74 Å². The van der Waals surface area contributed by atoms with Gasteiger partial charge in [-0.15, -0.1) is 0 Å². The number of carbonyl (C=O) groups is 2. The van der Waals surface area contributed by atoms with Crippen LogP contribution in [0.2, 0.25) is 0 Å². The predicted molar refractivity (Wildman–Crippen MR) is 66.5 cm³/mol. The lowest BCUT2D eigenvalue weighted by Crippen LogP contribution is -2.21. The van der Waals surface area contributed by atoms with Crippen LogP contribution in [0.5, 0.6) is 0 Å². The lowest BCUT2D eigenvalue weighted by molar-refractivity contribution is 0.0759. The molecule has 0 spiro atoms. The molecule has 0 heterocycles. The number of ketones is 2. The van der Waals surface area contributed by atoms with Gasteiger partial charge in [-0.05, 0) is 25.7 Å². The SMILES string of the molecule is O=C1C=C(OC2CCCC2)C(=O)c2ccccc21. The highest BCUT2D eigenvalue weighted by molar-refractivity contribution is 6.23. The first-order valence-corrected chi connectivity index (χ1v) is 6.32. The van der Waals surface area contributed by atoms with Crippen LogP contribution in [0.15, 0.2) is 36.1 Å². The van der Waals surface area contributed by atoms with Gasteiger partial charge in [0.05, 0.1) is 6.10 Å². The molecule has 0 saturated heterocycles. The normalized spacial score (nSPS) is 19.7. The van der Waals surface area contributed by atoms with Crippen molar-refractivity contribution >= 4 is 11.6 Å². The summed E-state index contributed by atoms with van der Waals surface area (Å²) >= 11 is 0. The molecule has 0 aromatic heterocycles. The summed E-state index contributed by atoms with van der Waals surface area (Å²) in [6.07, 6.45) is 5.65. The molecule has 1 aromatic carbocycles. The third-order valence-corrected chi connectivity index (χ3v) is 3.52. The molecule has 0 unspecified atom stereocenters. The van der Waals surface area contributed by atoms with E-state index in [-0.39, 0.29) is 23.4 Å². The lowest BCUT2D eigenvalue weighted by Gasteiger charge is -2.19. The zero-order valence-corrected chi connectivity index (χ0v) is 10.0. The van der Waals surface area contributed by atoms with Crippen molar-refractivity contribution in [2.24, 2.45) is 0 Å². The van der Waals surface area contributed by atoms with E-state index in [2.05, 4.69) is 0 Å². The molecule has 1 aromatic rings. The number of allylic oxidation sites excluding steroid dienone is 2. The van der Waals surface area contributed by atoms with Crippen LogP contribution in [-0.2, 0) is 4.74 Å². The van der Waals surface area contributed by atoms with Gasteiger partial charge in [-0.2, -0.15) is 0 Å². The van der Waals surface area contributed by atoms with Gasteiger partial charge in [0.25, 0.3) is 0 Å². The van der Waals surface area contributed by atoms with E-state index < -0.39 is 0 Å². The van der Waals surface area contributed by atoms with Gasteiger partial charge in [0.2, 0.25) is 5.78 Å². The summed E-state index contributed by atoms with van der Waals surface area (Å²) in [5.74, 6) is -0.0964. The number of rotatable bonds is 2. The Labute approximate surface area is 105 Å². The molecule has 18 heavy (non-hydrogen) atoms. The Morgan fingerprint density at radius 2 is 1.67 bits per heavy atom. The standard InChI is InChI=1S/C15H14O3/c16-13-9-14(18-10-5-1-2-6-10)15(17)12-8-4-3-7-11(12)13/h3-4,7-10H,1-2,5-6H2. The van der Waals surface area contributed by atoms with Crippen molar-refractivity contribution in [3.63, 3.8) is 0 Å². The summed E-state index contributed by atoms with van der Waals surface area (Å²) in [6, 6.07) is 6.89. The summed E-state index contributed by atoms with van der Waals surface area (Å²) in [5.41, 5.74) is 0.930. The number of hydrogen-bond donors (Lipinski definition) is 0. The monoisotopic (exact) mass is 242 g/mol. The van der Waals surface area contributed by atoms with Gasteiger partial charge in [-0.25, -0.2) is 0 Å². The number of Topliss-reactive ketones (excluding diaryl/α,β-unsaturated/α-hetero) is 1. The van der Waals surface area contributed by atoms with Gasteiger partial charge in [-0.1, -0.05) is 24.3 Å². The van der Waals surface area contributed by atoms with E-state index in [1.54, 1.807) is 24.3 Å². The average Bonchev–Trinajstić information content (AvgIpc) is 2.89. The summed E-state index contributed by atoms with van der Waals surface area (Å²) < 4.78 is 5.68. The van der Waals surface area contributed by atoms with Crippen LogP contribution in [0.1, 0.15) is 46.4 Å². The quantitative estimate of drug-likeness (QED) is 0.800. The number of fused-ring (bicyclic) bond motifs is 1. The first-order chi connectivity index (χ1) is 8.75. The molecular weight excluding hydrogens is 228 g/mol. The van der Waals surface area contributed by atoms with Crippen LogP contribution < -0.4 is 0 Å². The van der Waals surface area contributed by atoms with Gasteiger partial charge in [0, 0.05) is 17.2 Å². The highest BCUT2D eigenvalue weighted by atomic mass is 16.5. The number of ether oxygens (including phenoxy) is 1. The maximum atomic E-state index is 12.2. The van der Waals surface area contributed by atoms with Crippen LogP contribution in [0, 0.1) is 0 Å². The van der Waals surface area contributed by atoms with Crippen LogP contribution in [0.3, 0.4) is 0 Å². The Bertz CT molecular complexity index is 536. The molecule has 0 N–H and O–H groups in total. The fraction of sp³-hybridized carbons (Fsp3) is 0.333. The zero-order chi connectivity index (χ0) is 12.5. The fourth-order valence-electron chi connectivity index (χ4n) is 2.56. The molecule has 0 amide bonds. The second kappa shape index (κ2) is 4.41. The number of hydrogen-bond acceptors (Lipinski definition) is 3. The van der Waals surface area contributed by atoms with E-state index in [0.29, 0.717) is 11.1 Å². The first-order valence-electron chi connectivity index (χ1n) is 6.32. The summed E-state index contributed by atoms with van der Waals surface area (Å²) in [6.45, 7) is 0. The summed E-state index contributed by atoms with van der Waals surface area (Å²) in [4.78, 5) is 24.1. The second-order valence-corrected chi connectivity index (χ2v) is 4.77. The molecule has 92 valence electrons. The van der Waals surface area contributed by atoms with Gasteiger partial charge < -0.3 is 4.74 Å². The average molecular weight is 242 g/mol. The third kappa shape index (κ3) is 1.86. The minimum absolute atomic E-state index is 0.0956. The topological polar surface area (TPSA) is 43.4 Å². The maximum absolute atomic E-state index is 12.2. The van der Waals surface area contributed by atoms with Gasteiger partial charge in [0.15, 0.2) is 11.5 Å². The largest absolute Gasteiger partial charge is 0.486 e. The van der Waals surface area contributed by atoms with Gasteiger partial charge in [-0.3, -0.25) is 9.59 Å². The highest BCUT2D eigenvalue weighted by Crippen LogP contribution is 2.27. The number of benzene rings is 1. The highest BCUT2D eigenvalue weighted by Gasteiger charge is 2.28. The molecule has 1 saturated carbocycles.